The Hall–Kier alpha value is -4.54. The molecule has 2 heterocycles. The molecule has 4 aromatic rings. The molecule has 0 radical (unpaired) electrons. The molecule has 53 heavy (non-hydrogen) atoms. The maximum absolute atomic E-state index is 12.7. The van der Waals surface area contributed by atoms with Crippen molar-refractivity contribution >= 4 is 23.2 Å². The maximum Gasteiger partial charge on any atom is 0.224 e. The lowest BCUT2D eigenvalue weighted by molar-refractivity contribution is -0.253. The normalized spacial score (nSPS) is 19.5. The van der Waals surface area contributed by atoms with Gasteiger partial charge in [0.25, 0.3) is 0 Å². The molecule has 9 heteroatoms. The van der Waals surface area contributed by atoms with Gasteiger partial charge in [-0.1, -0.05) is 104 Å². The van der Waals surface area contributed by atoms with Crippen LogP contribution in [0.2, 0.25) is 0 Å². The lowest BCUT2D eigenvalue weighted by Crippen LogP contribution is -2.40. The molecule has 280 valence electrons. The fourth-order valence-electron chi connectivity index (χ4n) is 7.27. The van der Waals surface area contributed by atoms with Gasteiger partial charge in [-0.05, 0) is 78.7 Å². The van der Waals surface area contributed by atoms with E-state index in [1.165, 1.54) is 32.1 Å². The average Bonchev–Trinajstić information content (AvgIpc) is 3.18. The van der Waals surface area contributed by atoms with E-state index in [0.29, 0.717) is 43.6 Å². The lowest BCUT2D eigenvalue weighted by atomic mass is 9.97. The highest BCUT2D eigenvalue weighted by Crippen LogP contribution is 2.39. The number of nitrogen functional groups attached to an aromatic ring is 1. The zero-order chi connectivity index (χ0) is 36.8. The number of nitrogens with zero attached hydrogens (tertiary/aromatic N) is 1. The van der Waals surface area contributed by atoms with Crippen LogP contribution in [0.1, 0.15) is 98.9 Å². The van der Waals surface area contributed by atoms with Gasteiger partial charge in [-0.25, -0.2) is 0 Å². The van der Waals surface area contributed by atoms with Crippen molar-refractivity contribution in [1.82, 2.24) is 10.2 Å². The summed E-state index contributed by atoms with van der Waals surface area (Å²) < 4.78 is 13.3. The number of anilines is 2. The van der Waals surface area contributed by atoms with Crippen LogP contribution in [-0.4, -0.2) is 47.6 Å². The Bertz CT molecular complexity index is 1750. The Kier molecular flexibility index (Phi) is 14.1. The summed E-state index contributed by atoms with van der Waals surface area (Å²) in [7, 11) is 0. The van der Waals surface area contributed by atoms with Crippen molar-refractivity contribution in [2.24, 2.45) is 0 Å². The molecule has 4 aromatic carbocycles. The predicted molar refractivity (Wildman–Crippen MR) is 210 cm³/mol. The molecule has 2 fully saturated rings. The topological polar surface area (TPSA) is 126 Å². The van der Waals surface area contributed by atoms with Gasteiger partial charge in [0.15, 0.2) is 6.29 Å². The van der Waals surface area contributed by atoms with Gasteiger partial charge in [0, 0.05) is 37.9 Å². The molecule has 0 bridgehead atoms. The van der Waals surface area contributed by atoms with Gasteiger partial charge < -0.3 is 35.8 Å². The van der Waals surface area contributed by atoms with Crippen LogP contribution in [0.15, 0.2) is 97.1 Å². The Morgan fingerprint density at radius 1 is 0.755 bits per heavy atom. The van der Waals surface area contributed by atoms with E-state index in [1.54, 1.807) is 12.1 Å². The van der Waals surface area contributed by atoms with Crippen LogP contribution >= 0.6 is 0 Å². The molecule has 2 saturated heterocycles. The summed E-state index contributed by atoms with van der Waals surface area (Å²) >= 11 is 0. The fourth-order valence-corrected chi connectivity index (χ4v) is 7.27. The number of benzene rings is 4. The minimum atomic E-state index is -0.503. The van der Waals surface area contributed by atoms with Gasteiger partial charge in [0.1, 0.15) is 0 Å². The number of aliphatic hydroxyl groups is 1. The van der Waals surface area contributed by atoms with Crippen molar-refractivity contribution in [3.05, 3.63) is 119 Å². The maximum atomic E-state index is 12.7. The summed E-state index contributed by atoms with van der Waals surface area (Å²) in [6, 6.07) is 31.7. The molecule has 6 rings (SSSR count). The highest BCUT2D eigenvalue weighted by atomic mass is 16.7. The summed E-state index contributed by atoms with van der Waals surface area (Å²) in [5.41, 5.74) is 13.1. The van der Waals surface area contributed by atoms with E-state index in [1.807, 2.05) is 42.5 Å². The van der Waals surface area contributed by atoms with Crippen LogP contribution in [0.25, 0.3) is 11.1 Å². The van der Waals surface area contributed by atoms with Crippen LogP contribution in [0.3, 0.4) is 0 Å². The number of likely N-dealkylation sites (tertiary alicyclic amines) is 1. The molecule has 0 saturated carbocycles. The number of amides is 2. The van der Waals surface area contributed by atoms with Crippen LogP contribution in [-0.2, 0) is 32.2 Å². The van der Waals surface area contributed by atoms with Gasteiger partial charge in [-0.3, -0.25) is 9.59 Å². The van der Waals surface area contributed by atoms with Crippen LogP contribution < -0.4 is 16.4 Å². The van der Waals surface area contributed by atoms with Crippen LogP contribution in [0.4, 0.5) is 11.4 Å². The smallest absolute Gasteiger partial charge is 0.224 e. The molecular weight excluding hydrogens is 665 g/mol. The number of nitrogens with two attached hydrogens (primary N) is 1. The second-order valence-electron chi connectivity index (χ2n) is 14.3. The second kappa shape index (κ2) is 19.5. The molecule has 0 aliphatic carbocycles. The van der Waals surface area contributed by atoms with Gasteiger partial charge >= 0.3 is 0 Å². The number of aliphatic hydroxyl groups excluding tert-OH is 1. The Labute approximate surface area is 313 Å². The second-order valence-corrected chi connectivity index (χ2v) is 14.3. The van der Waals surface area contributed by atoms with Crippen molar-refractivity contribution in [3.8, 4) is 11.1 Å². The van der Waals surface area contributed by atoms with Crippen molar-refractivity contribution in [2.75, 3.05) is 30.7 Å². The van der Waals surface area contributed by atoms with Gasteiger partial charge in [-0.15, -0.1) is 0 Å². The number of carbonyl (C=O) groups is 2. The highest BCUT2D eigenvalue weighted by molar-refractivity contribution is 5.93. The first-order valence-electron chi connectivity index (χ1n) is 19.3. The molecular formula is C44H54N4O5. The van der Waals surface area contributed by atoms with Crippen molar-refractivity contribution < 1.29 is 24.2 Å². The van der Waals surface area contributed by atoms with Crippen molar-refractivity contribution in [2.45, 2.75) is 95.9 Å². The monoisotopic (exact) mass is 718 g/mol. The number of hydrogen-bond acceptors (Lipinski definition) is 7. The summed E-state index contributed by atoms with van der Waals surface area (Å²) in [6.07, 6.45) is 8.49. The third-order valence-corrected chi connectivity index (χ3v) is 10.3. The van der Waals surface area contributed by atoms with Crippen molar-refractivity contribution in [3.63, 3.8) is 0 Å². The molecule has 2 aliphatic heterocycles. The SMILES string of the molecule is Nc1ccccc1NC(=O)CCCCC(=O)NCc1ccccc1-c1ccc([C@@H]2O[C@H](CN3CCCCCCC3)C[C@H](c3ccc(CO)cc3)O2)cc1. The largest absolute Gasteiger partial charge is 0.397 e. The molecule has 2 aliphatic rings. The number of para-hydroxylation sites is 2. The number of carbonyl (C=O) groups excluding carboxylic acids is 2. The molecule has 5 N–H and O–H groups in total. The zero-order valence-electron chi connectivity index (χ0n) is 30.7. The quantitative estimate of drug-likeness (QED) is 0.0768. The summed E-state index contributed by atoms with van der Waals surface area (Å²) in [6.45, 7) is 3.54. The first-order chi connectivity index (χ1) is 25.9. The van der Waals surface area contributed by atoms with E-state index in [9.17, 15) is 14.7 Å². The Morgan fingerprint density at radius 3 is 2.15 bits per heavy atom. The summed E-state index contributed by atoms with van der Waals surface area (Å²) in [5.74, 6) is -0.151. The molecule has 0 aromatic heterocycles. The average molecular weight is 719 g/mol. The van der Waals surface area contributed by atoms with E-state index in [4.69, 9.17) is 15.2 Å². The van der Waals surface area contributed by atoms with E-state index in [2.05, 4.69) is 58.0 Å². The number of nitrogens with one attached hydrogen (secondary N) is 2. The first-order valence-corrected chi connectivity index (χ1v) is 19.3. The molecule has 9 nitrogen and oxygen atoms in total. The molecule has 3 atom stereocenters. The minimum Gasteiger partial charge on any atom is -0.397 e. The zero-order valence-corrected chi connectivity index (χ0v) is 30.7. The molecule has 0 spiro atoms. The highest BCUT2D eigenvalue weighted by Gasteiger charge is 2.33. The molecule has 0 unspecified atom stereocenters. The lowest BCUT2D eigenvalue weighted by Gasteiger charge is -2.39. The standard InChI is InChI=1S/C44H54N4O5/c45-39-14-6-7-15-40(39)47-43(51)17-9-8-16-42(50)46-29-36-12-4-5-13-38(36)33-22-24-35(25-23-33)44-52-37(30-48-26-10-2-1-3-11-27-48)28-41(53-44)34-20-18-32(31-49)19-21-34/h4-7,12-15,18-25,37,41,44,49H,1-3,8-11,16-17,26-31,45H2,(H,46,50)(H,47,51)/t37-,41+,44+/m0/s1. The van der Waals surface area contributed by atoms with E-state index >= 15 is 0 Å². The first kappa shape index (κ1) is 38.2. The van der Waals surface area contributed by atoms with E-state index in [-0.39, 0.29) is 30.6 Å². The van der Waals surface area contributed by atoms with Crippen molar-refractivity contribution in [1.29, 1.82) is 0 Å². The third kappa shape index (κ3) is 11.2. The van der Waals surface area contributed by atoms with Crippen LogP contribution in [0.5, 0.6) is 0 Å². The molecule has 2 amide bonds. The number of unbranched alkanes of at least 4 members (excludes halogenated alkanes) is 1. The summed E-state index contributed by atoms with van der Waals surface area (Å²) in [5, 5.41) is 15.5. The fraction of sp³-hybridized carbons (Fsp3) is 0.409. The summed E-state index contributed by atoms with van der Waals surface area (Å²) in [4.78, 5) is 27.6. The van der Waals surface area contributed by atoms with Crippen LogP contribution in [0, 0.1) is 0 Å². The Morgan fingerprint density at radius 2 is 1.42 bits per heavy atom. The number of ether oxygens (including phenoxy) is 2. The van der Waals surface area contributed by atoms with Gasteiger partial charge in [0.2, 0.25) is 11.8 Å². The van der Waals surface area contributed by atoms with Gasteiger partial charge in [0.05, 0.1) is 30.2 Å². The third-order valence-electron chi connectivity index (χ3n) is 10.3. The Balaban J connectivity index is 1.05. The number of rotatable bonds is 14. The number of hydrogen-bond donors (Lipinski definition) is 4. The predicted octanol–water partition coefficient (Wildman–Crippen LogP) is 8.05. The van der Waals surface area contributed by atoms with E-state index in [0.717, 1.165) is 59.4 Å². The van der Waals surface area contributed by atoms with E-state index < -0.39 is 6.29 Å². The van der Waals surface area contributed by atoms with Gasteiger partial charge in [-0.2, -0.15) is 0 Å². The minimum absolute atomic E-state index is 0.0188.